The quantitative estimate of drug-likeness (QED) is 0.419. The summed E-state index contributed by atoms with van der Waals surface area (Å²) in [6.45, 7) is 4.17. The average Bonchev–Trinajstić information content (AvgIpc) is 2.20. The van der Waals surface area contributed by atoms with Crippen LogP contribution in [0.25, 0.3) is 0 Å². The molecule has 1 amide bonds. The molecule has 0 saturated heterocycles. The van der Waals surface area contributed by atoms with Gasteiger partial charge in [0.05, 0.1) is 6.04 Å². The molecule has 0 aliphatic carbocycles. The van der Waals surface area contributed by atoms with E-state index in [1.807, 2.05) is 0 Å². The van der Waals surface area contributed by atoms with Gasteiger partial charge in [-0.1, -0.05) is 13.8 Å². The van der Waals surface area contributed by atoms with Crippen molar-refractivity contribution in [3.63, 3.8) is 0 Å². The molecule has 0 aliphatic heterocycles. The van der Waals surface area contributed by atoms with E-state index in [1.54, 1.807) is 0 Å². The van der Waals surface area contributed by atoms with Gasteiger partial charge in [0.15, 0.2) is 0 Å². The minimum absolute atomic E-state index is 0.0214. The number of hydrogen-bond acceptors (Lipinski definition) is 4. The van der Waals surface area contributed by atoms with Crippen LogP contribution >= 0.6 is 0 Å². The van der Waals surface area contributed by atoms with Gasteiger partial charge in [0, 0.05) is 6.61 Å². The summed E-state index contributed by atoms with van der Waals surface area (Å²) in [6.07, 6.45) is 1.72. The van der Waals surface area contributed by atoms with Gasteiger partial charge < -0.3 is 15.9 Å². The Balaban J connectivity index is 3.92. The highest BCUT2D eigenvalue weighted by molar-refractivity contribution is 5.79. The molecule has 0 rings (SSSR count). The summed E-state index contributed by atoms with van der Waals surface area (Å²) in [5.41, 5.74) is 5.19. The molecule has 2 atom stereocenters. The summed E-state index contributed by atoms with van der Waals surface area (Å²) in [5.74, 6) is 0.0259. The lowest BCUT2D eigenvalue weighted by Crippen LogP contribution is -2.46. The minimum Gasteiger partial charge on any atom is -0.396 e. The lowest BCUT2D eigenvalue weighted by Gasteiger charge is -2.20. The number of aliphatic hydroxyl groups excluding tert-OH is 2. The van der Waals surface area contributed by atoms with Gasteiger partial charge in [-0.3, -0.25) is 10.1 Å². The molecular formula is C11H24N2O3. The first-order valence-electron chi connectivity index (χ1n) is 5.81. The number of aliphatic hydroxyl groups is 2. The lowest BCUT2D eigenvalue weighted by atomic mass is 10.1. The van der Waals surface area contributed by atoms with Gasteiger partial charge in [0.25, 0.3) is 0 Å². The van der Waals surface area contributed by atoms with Crippen LogP contribution in [0.2, 0.25) is 0 Å². The van der Waals surface area contributed by atoms with Crippen molar-refractivity contribution in [2.75, 3.05) is 6.61 Å². The Bertz CT molecular complexity index is 198. The highest BCUT2D eigenvalue weighted by Crippen LogP contribution is 2.06. The Labute approximate surface area is 97.0 Å². The highest BCUT2D eigenvalue weighted by atomic mass is 16.3. The van der Waals surface area contributed by atoms with Crippen LogP contribution in [0.4, 0.5) is 0 Å². The summed E-state index contributed by atoms with van der Waals surface area (Å²) < 4.78 is 0. The van der Waals surface area contributed by atoms with Crippen molar-refractivity contribution in [2.24, 2.45) is 11.7 Å². The Morgan fingerprint density at radius 2 is 1.94 bits per heavy atom. The van der Waals surface area contributed by atoms with Crippen molar-refractivity contribution in [1.29, 1.82) is 0 Å². The standard InChI is InChI=1S/C11H24N2O3/c1-8(2)5-6-10(15)13-9(11(12)16)4-3-7-14/h8-10,13-15H,3-7H2,1-2H3,(H2,12,16). The third kappa shape index (κ3) is 7.62. The minimum atomic E-state index is -0.710. The molecule has 16 heavy (non-hydrogen) atoms. The van der Waals surface area contributed by atoms with Crippen molar-refractivity contribution in [3.05, 3.63) is 0 Å². The number of carbonyl (C=O) groups excluding carboxylic acids is 1. The fraction of sp³-hybridized carbons (Fsp3) is 0.909. The number of primary amides is 1. The van der Waals surface area contributed by atoms with Crippen LogP contribution in [-0.4, -0.2) is 35.0 Å². The van der Waals surface area contributed by atoms with Crippen LogP contribution in [0, 0.1) is 5.92 Å². The molecule has 0 heterocycles. The Morgan fingerprint density at radius 1 is 1.31 bits per heavy atom. The van der Waals surface area contributed by atoms with Crippen molar-refractivity contribution >= 4 is 5.91 Å². The first-order chi connectivity index (χ1) is 7.47. The van der Waals surface area contributed by atoms with Gasteiger partial charge >= 0.3 is 0 Å². The van der Waals surface area contributed by atoms with E-state index in [0.29, 0.717) is 25.2 Å². The van der Waals surface area contributed by atoms with E-state index in [1.165, 1.54) is 0 Å². The van der Waals surface area contributed by atoms with E-state index < -0.39 is 18.2 Å². The molecule has 5 N–H and O–H groups in total. The fourth-order valence-electron chi connectivity index (χ4n) is 1.41. The maximum atomic E-state index is 11.0. The molecule has 5 nitrogen and oxygen atoms in total. The Morgan fingerprint density at radius 3 is 2.38 bits per heavy atom. The zero-order chi connectivity index (χ0) is 12.6. The fourth-order valence-corrected chi connectivity index (χ4v) is 1.41. The van der Waals surface area contributed by atoms with Crippen LogP contribution in [0.5, 0.6) is 0 Å². The van der Waals surface area contributed by atoms with Crippen LogP contribution in [0.15, 0.2) is 0 Å². The maximum absolute atomic E-state index is 11.0. The summed E-state index contributed by atoms with van der Waals surface area (Å²) in [4.78, 5) is 11.0. The molecule has 0 aliphatic rings. The van der Waals surface area contributed by atoms with Crippen molar-refractivity contribution in [1.82, 2.24) is 5.32 Å². The molecule has 0 fully saturated rings. The predicted molar refractivity (Wildman–Crippen MR) is 62.5 cm³/mol. The third-order valence-electron chi connectivity index (χ3n) is 2.41. The number of nitrogens with one attached hydrogen (secondary N) is 1. The predicted octanol–water partition coefficient (Wildman–Crippen LogP) is -0.0430. The zero-order valence-electron chi connectivity index (χ0n) is 10.1. The average molecular weight is 232 g/mol. The molecule has 0 aromatic heterocycles. The van der Waals surface area contributed by atoms with Gasteiger partial charge in [-0.25, -0.2) is 0 Å². The largest absolute Gasteiger partial charge is 0.396 e. The van der Waals surface area contributed by atoms with Gasteiger partial charge in [0.2, 0.25) is 5.91 Å². The van der Waals surface area contributed by atoms with Crippen LogP contribution in [-0.2, 0) is 4.79 Å². The van der Waals surface area contributed by atoms with E-state index >= 15 is 0 Å². The lowest BCUT2D eigenvalue weighted by molar-refractivity contribution is -0.121. The van der Waals surface area contributed by atoms with Crippen molar-refractivity contribution in [2.45, 2.75) is 51.8 Å². The van der Waals surface area contributed by atoms with Gasteiger partial charge in [-0.2, -0.15) is 0 Å². The van der Waals surface area contributed by atoms with Crippen LogP contribution in [0.1, 0.15) is 39.5 Å². The van der Waals surface area contributed by atoms with Crippen LogP contribution < -0.4 is 11.1 Å². The molecule has 0 radical (unpaired) electrons. The van der Waals surface area contributed by atoms with Crippen molar-refractivity contribution in [3.8, 4) is 0 Å². The topological polar surface area (TPSA) is 95.6 Å². The normalized spacial score (nSPS) is 15.1. The zero-order valence-corrected chi connectivity index (χ0v) is 10.1. The first kappa shape index (κ1) is 15.3. The highest BCUT2D eigenvalue weighted by Gasteiger charge is 2.17. The van der Waals surface area contributed by atoms with Gasteiger partial charge in [-0.05, 0) is 31.6 Å². The molecule has 96 valence electrons. The summed E-state index contributed by atoms with van der Waals surface area (Å²) in [6, 6.07) is -0.561. The number of amides is 1. The SMILES string of the molecule is CC(C)CCC(O)NC(CCCO)C(N)=O. The van der Waals surface area contributed by atoms with E-state index in [2.05, 4.69) is 19.2 Å². The molecule has 0 aromatic carbocycles. The molecule has 0 bridgehead atoms. The third-order valence-corrected chi connectivity index (χ3v) is 2.41. The first-order valence-corrected chi connectivity index (χ1v) is 5.81. The molecule has 2 unspecified atom stereocenters. The summed E-state index contributed by atoms with van der Waals surface area (Å²) in [5, 5.41) is 21.1. The molecule has 0 aromatic rings. The second-order valence-electron chi connectivity index (χ2n) is 4.47. The maximum Gasteiger partial charge on any atom is 0.234 e. The molecule has 0 spiro atoms. The van der Waals surface area contributed by atoms with Gasteiger partial charge in [-0.15, -0.1) is 0 Å². The number of hydrogen-bond donors (Lipinski definition) is 4. The van der Waals surface area contributed by atoms with E-state index in [-0.39, 0.29) is 6.61 Å². The van der Waals surface area contributed by atoms with Crippen molar-refractivity contribution < 1.29 is 15.0 Å². The van der Waals surface area contributed by atoms with Gasteiger partial charge in [0.1, 0.15) is 6.23 Å². The molecule has 0 saturated carbocycles. The van der Waals surface area contributed by atoms with E-state index in [4.69, 9.17) is 10.8 Å². The summed E-state index contributed by atoms with van der Waals surface area (Å²) >= 11 is 0. The second kappa shape index (κ2) is 8.50. The van der Waals surface area contributed by atoms with E-state index in [0.717, 1.165) is 6.42 Å². The summed E-state index contributed by atoms with van der Waals surface area (Å²) in [7, 11) is 0. The molecule has 5 heteroatoms. The second-order valence-corrected chi connectivity index (χ2v) is 4.47. The smallest absolute Gasteiger partial charge is 0.234 e. The molecular weight excluding hydrogens is 208 g/mol. The number of carbonyl (C=O) groups is 1. The Kier molecular flexibility index (Phi) is 8.15. The van der Waals surface area contributed by atoms with Crippen LogP contribution in [0.3, 0.4) is 0 Å². The number of rotatable bonds is 9. The monoisotopic (exact) mass is 232 g/mol. The number of nitrogens with two attached hydrogens (primary N) is 1. The van der Waals surface area contributed by atoms with E-state index in [9.17, 15) is 9.90 Å². The Hall–Kier alpha value is -0.650.